The number of benzene rings is 1. The second-order valence-electron chi connectivity index (χ2n) is 4.76. The molecule has 21 heavy (non-hydrogen) atoms. The molecule has 1 unspecified atom stereocenters. The number of pyridine rings is 1. The van der Waals surface area contributed by atoms with E-state index in [0.29, 0.717) is 0 Å². The van der Waals surface area contributed by atoms with E-state index < -0.39 is 0 Å². The molecule has 0 radical (unpaired) electrons. The summed E-state index contributed by atoms with van der Waals surface area (Å²) in [6, 6.07) is 14.3. The summed E-state index contributed by atoms with van der Waals surface area (Å²) in [6.45, 7) is 1.98. The van der Waals surface area contributed by atoms with Gasteiger partial charge in [-0.3, -0.25) is 4.98 Å². The summed E-state index contributed by atoms with van der Waals surface area (Å²) in [5, 5.41) is 13.9. The highest BCUT2D eigenvalue weighted by molar-refractivity contribution is 7.14. The first-order valence-electron chi connectivity index (χ1n) is 6.76. The molecule has 1 aromatic carbocycles. The van der Waals surface area contributed by atoms with Crippen LogP contribution in [-0.2, 0) is 0 Å². The Kier molecular flexibility index (Phi) is 4.03. The maximum atomic E-state index is 4.36. The fraction of sp³-hybridized carbons (Fsp3) is 0.188. The van der Waals surface area contributed by atoms with E-state index in [0.717, 1.165) is 21.3 Å². The maximum Gasteiger partial charge on any atom is 0.147 e. The van der Waals surface area contributed by atoms with Crippen molar-refractivity contribution in [3.05, 3.63) is 64.9 Å². The van der Waals surface area contributed by atoms with Gasteiger partial charge in [-0.15, -0.1) is 10.2 Å². The molecule has 3 aromatic rings. The van der Waals surface area contributed by atoms with Crippen LogP contribution in [0, 0.1) is 6.92 Å². The first-order valence-corrected chi connectivity index (χ1v) is 7.58. The highest BCUT2D eigenvalue weighted by atomic mass is 32.1. The van der Waals surface area contributed by atoms with E-state index >= 15 is 0 Å². The summed E-state index contributed by atoms with van der Waals surface area (Å²) in [5.74, 6) is 0. The fourth-order valence-electron chi connectivity index (χ4n) is 2.22. The highest BCUT2D eigenvalue weighted by Gasteiger charge is 2.17. The summed E-state index contributed by atoms with van der Waals surface area (Å²) >= 11 is 1.61. The van der Waals surface area contributed by atoms with Gasteiger partial charge in [-0.2, -0.15) is 0 Å². The summed E-state index contributed by atoms with van der Waals surface area (Å²) < 4.78 is 0. The molecule has 0 aliphatic heterocycles. The largest absolute Gasteiger partial charge is 0.307 e. The number of aromatic nitrogens is 3. The third-order valence-electron chi connectivity index (χ3n) is 3.25. The number of nitrogens with zero attached hydrogens (tertiary/aromatic N) is 3. The van der Waals surface area contributed by atoms with Gasteiger partial charge >= 0.3 is 0 Å². The summed E-state index contributed by atoms with van der Waals surface area (Å²) in [6.07, 6.45) is 1.80. The van der Waals surface area contributed by atoms with Crippen molar-refractivity contribution in [2.24, 2.45) is 0 Å². The van der Waals surface area contributed by atoms with Crippen LogP contribution in [0.25, 0.3) is 10.6 Å². The molecule has 1 atom stereocenters. The van der Waals surface area contributed by atoms with Gasteiger partial charge in [0.1, 0.15) is 10.0 Å². The van der Waals surface area contributed by atoms with Gasteiger partial charge in [-0.1, -0.05) is 41.7 Å². The lowest BCUT2D eigenvalue weighted by molar-refractivity contribution is 0.678. The van der Waals surface area contributed by atoms with Crippen LogP contribution in [0.1, 0.15) is 22.3 Å². The number of rotatable bonds is 4. The van der Waals surface area contributed by atoms with Gasteiger partial charge in [0, 0.05) is 17.5 Å². The van der Waals surface area contributed by atoms with Crippen LogP contribution in [0.4, 0.5) is 0 Å². The Bertz CT molecular complexity index is 724. The van der Waals surface area contributed by atoms with Crippen LogP contribution < -0.4 is 5.32 Å². The summed E-state index contributed by atoms with van der Waals surface area (Å²) in [5.41, 5.74) is 3.24. The Morgan fingerprint density at radius 2 is 1.90 bits per heavy atom. The Balaban J connectivity index is 1.94. The van der Waals surface area contributed by atoms with E-state index in [1.54, 1.807) is 17.5 Å². The normalized spacial score (nSPS) is 12.3. The van der Waals surface area contributed by atoms with Gasteiger partial charge in [-0.25, -0.2) is 0 Å². The summed E-state index contributed by atoms with van der Waals surface area (Å²) in [4.78, 5) is 4.22. The van der Waals surface area contributed by atoms with Gasteiger partial charge in [-0.05, 0) is 31.7 Å². The third-order valence-corrected chi connectivity index (χ3v) is 4.29. The molecule has 2 aromatic heterocycles. The van der Waals surface area contributed by atoms with Gasteiger partial charge in [0.25, 0.3) is 0 Å². The molecular weight excluding hydrogens is 280 g/mol. The molecule has 0 spiro atoms. The van der Waals surface area contributed by atoms with Crippen molar-refractivity contribution in [3.8, 4) is 10.6 Å². The SMILES string of the molecule is CNC(c1ccccc1)c1nnc(-c2ccnc(C)c2)s1. The van der Waals surface area contributed by atoms with Crippen LogP contribution in [0.15, 0.2) is 48.7 Å². The average Bonchev–Trinajstić information content (AvgIpc) is 2.99. The minimum atomic E-state index is 0.0698. The minimum absolute atomic E-state index is 0.0698. The van der Waals surface area contributed by atoms with E-state index in [-0.39, 0.29) is 6.04 Å². The smallest absolute Gasteiger partial charge is 0.147 e. The van der Waals surface area contributed by atoms with Crippen molar-refractivity contribution in [3.63, 3.8) is 0 Å². The van der Waals surface area contributed by atoms with E-state index in [4.69, 9.17) is 0 Å². The van der Waals surface area contributed by atoms with E-state index in [2.05, 4.69) is 32.6 Å². The van der Waals surface area contributed by atoms with Gasteiger partial charge < -0.3 is 5.32 Å². The Morgan fingerprint density at radius 3 is 2.62 bits per heavy atom. The van der Waals surface area contributed by atoms with E-state index in [1.807, 2.05) is 44.3 Å². The molecule has 106 valence electrons. The van der Waals surface area contributed by atoms with Crippen LogP contribution in [0.5, 0.6) is 0 Å². The second kappa shape index (κ2) is 6.11. The van der Waals surface area contributed by atoms with Crippen molar-refractivity contribution in [1.82, 2.24) is 20.5 Å². The second-order valence-corrected chi connectivity index (χ2v) is 5.77. The maximum absolute atomic E-state index is 4.36. The summed E-state index contributed by atoms with van der Waals surface area (Å²) in [7, 11) is 1.94. The molecule has 4 nitrogen and oxygen atoms in total. The zero-order chi connectivity index (χ0) is 14.7. The molecule has 0 fully saturated rings. The first-order chi connectivity index (χ1) is 10.3. The molecule has 0 aliphatic rings. The van der Waals surface area contributed by atoms with Crippen LogP contribution in [0.3, 0.4) is 0 Å². The zero-order valence-corrected chi connectivity index (χ0v) is 12.8. The van der Waals surface area contributed by atoms with Crippen molar-refractivity contribution in [1.29, 1.82) is 0 Å². The average molecular weight is 296 g/mol. The standard InChI is InChI=1S/C16H16N4S/c1-11-10-13(8-9-18-11)15-19-20-16(21-15)14(17-2)12-6-4-3-5-7-12/h3-10,14,17H,1-2H3. The number of hydrogen-bond acceptors (Lipinski definition) is 5. The van der Waals surface area contributed by atoms with Gasteiger partial charge in [0.05, 0.1) is 6.04 Å². The van der Waals surface area contributed by atoms with Crippen LogP contribution in [-0.4, -0.2) is 22.2 Å². The van der Waals surface area contributed by atoms with E-state index in [9.17, 15) is 0 Å². The molecule has 5 heteroatoms. The Hall–Kier alpha value is -2.11. The molecular formula is C16H16N4S. The lowest BCUT2D eigenvalue weighted by Crippen LogP contribution is -2.17. The number of nitrogens with one attached hydrogen (secondary N) is 1. The number of aryl methyl sites for hydroxylation is 1. The Morgan fingerprint density at radius 1 is 1.10 bits per heavy atom. The topological polar surface area (TPSA) is 50.7 Å². The van der Waals surface area contributed by atoms with Crippen LogP contribution >= 0.6 is 11.3 Å². The lowest BCUT2D eigenvalue weighted by atomic mass is 10.1. The zero-order valence-electron chi connectivity index (χ0n) is 11.9. The predicted molar refractivity (Wildman–Crippen MR) is 85.2 cm³/mol. The molecule has 0 bridgehead atoms. The van der Waals surface area contributed by atoms with Crippen LogP contribution in [0.2, 0.25) is 0 Å². The minimum Gasteiger partial charge on any atom is -0.307 e. The molecule has 0 aliphatic carbocycles. The third kappa shape index (κ3) is 2.99. The Labute approximate surface area is 127 Å². The van der Waals surface area contributed by atoms with Crippen molar-refractivity contribution < 1.29 is 0 Å². The lowest BCUT2D eigenvalue weighted by Gasteiger charge is -2.12. The molecule has 0 saturated heterocycles. The van der Waals surface area contributed by atoms with Crippen molar-refractivity contribution in [2.45, 2.75) is 13.0 Å². The monoisotopic (exact) mass is 296 g/mol. The molecule has 3 rings (SSSR count). The highest BCUT2D eigenvalue weighted by Crippen LogP contribution is 2.29. The van der Waals surface area contributed by atoms with Gasteiger partial charge in [0.2, 0.25) is 0 Å². The number of hydrogen-bond donors (Lipinski definition) is 1. The first kappa shape index (κ1) is 13.9. The van der Waals surface area contributed by atoms with Gasteiger partial charge in [0.15, 0.2) is 0 Å². The van der Waals surface area contributed by atoms with Crippen molar-refractivity contribution >= 4 is 11.3 Å². The molecule has 1 N–H and O–H groups in total. The predicted octanol–water partition coefficient (Wildman–Crippen LogP) is 3.22. The molecule has 0 amide bonds. The molecule has 2 heterocycles. The van der Waals surface area contributed by atoms with E-state index in [1.165, 1.54) is 5.56 Å². The molecule has 0 saturated carbocycles. The fourth-order valence-corrected chi connectivity index (χ4v) is 3.20. The quantitative estimate of drug-likeness (QED) is 0.803. The van der Waals surface area contributed by atoms with Crippen molar-refractivity contribution in [2.75, 3.05) is 7.05 Å².